The summed E-state index contributed by atoms with van der Waals surface area (Å²) < 4.78 is 0. The number of rotatable bonds is 2. The van der Waals surface area contributed by atoms with E-state index in [2.05, 4.69) is 19.7 Å². The van der Waals surface area contributed by atoms with Crippen molar-refractivity contribution in [3.8, 4) is 0 Å². The molecule has 0 bridgehead atoms. The molecule has 0 aliphatic carbocycles. The van der Waals surface area contributed by atoms with Crippen molar-refractivity contribution in [1.82, 2.24) is 0 Å². The molecule has 3 heteroatoms. The Kier molecular flexibility index (Phi) is 7.07. The fraction of sp³-hybridized carbons (Fsp3) is 1.00. The summed E-state index contributed by atoms with van der Waals surface area (Å²) in [5.74, 6) is 0. The minimum absolute atomic E-state index is 0.674. The zero-order valence-corrected chi connectivity index (χ0v) is 7.87. The van der Waals surface area contributed by atoms with Gasteiger partial charge in [0.1, 0.15) is 0 Å². The maximum absolute atomic E-state index is 2.29. The maximum atomic E-state index is 2.29. The van der Waals surface area contributed by atoms with Gasteiger partial charge >= 0.3 is 48.9 Å². The Bertz CT molecular complexity index is 15.1. The van der Waals surface area contributed by atoms with E-state index in [9.17, 15) is 0 Å². The molecule has 0 fully saturated rings. The molecular formula is C2H6As2S. The van der Waals surface area contributed by atoms with E-state index in [1.165, 1.54) is 0 Å². The molecule has 0 aliphatic heterocycles. The van der Waals surface area contributed by atoms with Gasteiger partial charge in [-0.3, -0.25) is 0 Å². The van der Waals surface area contributed by atoms with Crippen LogP contribution in [0.1, 0.15) is 0 Å². The standard InChI is InChI=1S/C2H6As2S/c1-3-5-4-2/h1-2H3. The van der Waals surface area contributed by atoms with Gasteiger partial charge in [-0.2, -0.15) is 0 Å². The zero-order valence-electron chi connectivity index (χ0n) is 3.30. The molecule has 0 aromatic carbocycles. The molecule has 0 N–H and O–H groups in total. The predicted molar refractivity (Wildman–Crippen MR) is 30.8 cm³/mol. The molecule has 0 unspecified atom stereocenters. The Labute approximate surface area is 48.8 Å². The first-order chi connectivity index (χ1) is 2.41. The zero-order chi connectivity index (χ0) is 4.12. The van der Waals surface area contributed by atoms with Crippen molar-refractivity contribution in [1.29, 1.82) is 0 Å². The molecule has 5 heavy (non-hydrogen) atoms. The SMILES string of the molecule is C[As]S[As]C. The monoisotopic (exact) mass is 212 g/mol. The van der Waals surface area contributed by atoms with E-state index < -0.39 is 0 Å². The molecule has 0 nitrogen and oxygen atoms in total. The third-order valence-electron chi connectivity index (χ3n) is 0.163. The Balaban J connectivity index is 2.19. The first kappa shape index (κ1) is 6.47. The van der Waals surface area contributed by atoms with Crippen LogP contribution in [0.2, 0.25) is 11.4 Å². The van der Waals surface area contributed by atoms with Crippen molar-refractivity contribution < 1.29 is 0 Å². The quantitative estimate of drug-likeness (QED) is 0.616. The van der Waals surface area contributed by atoms with Crippen LogP contribution in [0.4, 0.5) is 0 Å². The molecule has 0 rings (SSSR count). The van der Waals surface area contributed by atoms with Gasteiger partial charge in [-0.1, -0.05) is 0 Å². The fourth-order valence-corrected chi connectivity index (χ4v) is 6.61. The second kappa shape index (κ2) is 5.47. The van der Waals surface area contributed by atoms with Gasteiger partial charge in [-0.15, -0.1) is 0 Å². The van der Waals surface area contributed by atoms with Crippen LogP contribution in [0.15, 0.2) is 0 Å². The van der Waals surface area contributed by atoms with Crippen LogP contribution in [0.5, 0.6) is 0 Å². The summed E-state index contributed by atoms with van der Waals surface area (Å²) in [4.78, 5) is 0. The molecule has 0 spiro atoms. The van der Waals surface area contributed by atoms with Gasteiger partial charge in [0, 0.05) is 0 Å². The van der Waals surface area contributed by atoms with Crippen molar-refractivity contribution in [3.63, 3.8) is 0 Å². The Morgan fingerprint density at radius 3 is 1.60 bits per heavy atom. The summed E-state index contributed by atoms with van der Waals surface area (Å²) in [5, 5.41) is 0. The van der Waals surface area contributed by atoms with E-state index in [0.29, 0.717) is 29.2 Å². The van der Waals surface area contributed by atoms with E-state index >= 15 is 0 Å². The van der Waals surface area contributed by atoms with Crippen molar-refractivity contribution in [2.24, 2.45) is 0 Å². The summed E-state index contributed by atoms with van der Waals surface area (Å²) in [7, 11) is 2.15. The van der Waals surface area contributed by atoms with Crippen LogP contribution in [0.3, 0.4) is 0 Å². The van der Waals surface area contributed by atoms with Crippen LogP contribution in [-0.4, -0.2) is 29.2 Å². The number of hydrogen-bond acceptors (Lipinski definition) is 1. The molecule has 0 aromatic heterocycles. The molecule has 0 heterocycles. The van der Waals surface area contributed by atoms with E-state index in [-0.39, 0.29) is 0 Å². The molecule has 0 saturated heterocycles. The Hall–Kier alpha value is 1.47. The summed E-state index contributed by atoms with van der Waals surface area (Å²) >= 11 is 1.35. The van der Waals surface area contributed by atoms with E-state index in [0.717, 1.165) is 0 Å². The topological polar surface area (TPSA) is 0 Å². The molecule has 0 aromatic rings. The van der Waals surface area contributed by atoms with Gasteiger partial charge in [0.05, 0.1) is 0 Å². The summed E-state index contributed by atoms with van der Waals surface area (Å²) in [6.07, 6.45) is 0. The normalized spacial score (nSPS) is 13.2. The van der Waals surface area contributed by atoms with Crippen molar-refractivity contribution in [3.05, 3.63) is 0 Å². The third-order valence-corrected chi connectivity index (χ3v) is 13.2. The first-order valence-corrected chi connectivity index (χ1v) is 10.3. The van der Waals surface area contributed by atoms with Crippen molar-refractivity contribution >= 4 is 37.5 Å². The summed E-state index contributed by atoms with van der Waals surface area (Å²) in [6, 6.07) is 0. The van der Waals surface area contributed by atoms with Gasteiger partial charge in [-0.05, 0) is 0 Å². The van der Waals surface area contributed by atoms with E-state index in [1.54, 1.807) is 0 Å². The second-order valence-corrected chi connectivity index (χ2v) is 12.3. The fourth-order valence-electron chi connectivity index (χ4n) is 0.0816. The van der Waals surface area contributed by atoms with E-state index in [4.69, 9.17) is 0 Å². The first-order valence-electron chi connectivity index (χ1n) is 1.26. The molecule has 2 radical (unpaired) electrons. The van der Waals surface area contributed by atoms with E-state index in [1.807, 2.05) is 0 Å². The average molecular weight is 212 g/mol. The predicted octanol–water partition coefficient (Wildman–Crippen LogP) is 1.05. The van der Waals surface area contributed by atoms with Gasteiger partial charge in [0.25, 0.3) is 0 Å². The molecule has 0 saturated carbocycles. The average Bonchev–Trinajstić information content (AvgIpc) is 1.41. The second-order valence-electron chi connectivity index (χ2n) is 0.447. The van der Waals surface area contributed by atoms with Crippen molar-refractivity contribution in [2.45, 2.75) is 11.4 Å². The Morgan fingerprint density at radius 1 is 1.20 bits per heavy atom. The van der Waals surface area contributed by atoms with Crippen LogP contribution >= 0.6 is 8.29 Å². The minimum atomic E-state index is 0.674. The van der Waals surface area contributed by atoms with Crippen LogP contribution in [0.25, 0.3) is 0 Å². The summed E-state index contributed by atoms with van der Waals surface area (Å²) in [5.41, 5.74) is 4.58. The van der Waals surface area contributed by atoms with Gasteiger partial charge in [-0.25, -0.2) is 0 Å². The van der Waals surface area contributed by atoms with Crippen LogP contribution in [0, 0.1) is 0 Å². The van der Waals surface area contributed by atoms with Gasteiger partial charge < -0.3 is 0 Å². The molecule has 0 amide bonds. The molecule has 0 atom stereocenters. The van der Waals surface area contributed by atoms with Crippen molar-refractivity contribution in [2.75, 3.05) is 0 Å². The van der Waals surface area contributed by atoms with Gasteiger partial charge in [0.2, 0.25) is 0 Å². The van der Waals surface area contributed by atoms with Crippen LogP contribution in [-0.2, 0) is 0 Å². The van der Waals surface area contributed by atoms with Gasteiger partial charge in [0.15, 0.2) is 0 Å². The summed E-state index contributed by atoms with van der Waals surface area (Å²) in [6.45, 7) is 0. The third kappa shape index (κ3) is 5.47. The Morgan fingerprint density at radius 2 is 1.60 bits per heavy atom. The molecule has 30 valence electrons. The molecule has 0 aliphatic rings. The van der Waals surface area contributed by atoms with Crippen LogP contribution < -0.4 is 0 Å². The molecular weight excluding hydrogens is 206 g/mol. The number of hydrogen-bond donors (Lipinski definition) is 0.